The van der Waals surface area contributed by atoms with Crippen molar-refractivity contribution in [2.24, 2.45) is 0 Å². The molecule has 0 aliphatic rings. The first kappa shape index (κ1) is 25.8. The molecule has 8 aromatic rings. The molecule has 0 atom stereocenters. The van der Waals surface area contributed by atoms with Gasteiger partial charge in [0.15, 0.2) is 0 Å². The van der Waals surface area contributed by atoms with Crippen LogP contribution in [0.2, 0.25) is 0 Å². The lowest BCUT2D eigenvalue weighted by Gasteiger charge is -2.15. The van der Waals surface area contributed by atoms with Gasteiger partial charge in [0.05, 0.1) is 33.8 Å². The van der Waals surface area contributed by atoms with Gasteiger partial charge >= 0.3 is 0 Å². The van der Waals surface area contributed by atoms with Gasteiger partial charge in [0.1, 0.15) is 5.82 Å². The molecule has 5 aromatic heterocycles. The van der Waals surface area contributed by atoms with Gasteiger partial charge in [-0.3, -0.25) is 14.5 Å². The zero-order chi connectivity index (χ0) is 29.6. The van der Waals surface area contributed by atoms with Gasteiger partial charge in [-0.25, -0.2) is 9.97 Å². The Balaban J connectivity index is 1.19. The third-order valence-corrected chi connectivity index (χ3v) is 8.24. The van der Waals surface area contributed by atoms with Crippen molar-refractivity contribution >= 4 is 21.8 Å². The maximum Gasteiger partial charge on any atom is 0.144 e. The van der Waals surface area contributed by atoms with Crippen LogP contribution in [0.1, 0.15) is 11.3 Å². The minimum Gasteiger partial charge on any atom is -0.309 e. The van der Waals surface area contributed by atoms with E-state index in [1.54, 1.807) is 6.20 Å². The largest absolute Gasteiger partial charge is 0.309 e. The summed E-state index contributed by atoms with van der Waals surface area (Å²) in [7, 11) is 0. The molecule has 0 saturated carbocycles. The summed E-state index contributed by atoms with van der Waals surface area (Å²) in [6.07, 6.45) is 9.33. The summed E-state index contributed by atoms with van der Waals surface area (Å²) in [6.45, 7) is 4.16. The number of nitrogens with zero attached hydrogens (tertiary/aromatic N) is 6. The number of aromatic nitrogens is 6. The normalized spacial score (nSPS) is 11.4. The van der Waals surface area contributed by atoms with E-state index in [-0.39, 0.29) is 0 Å². The highest BCUT2D eigenvalue weighted by Crippen LogP contribution is 2.35. The molecule has 0 amide bonds. The number of para-hydroxylation sites is 1. The molecule has 0 radical (unpaired) electrons. The van der Waals surface area contributed by atoms with E-state index in [0.717, 1.165) is 51.0 Å². The molecule has 3 aromatic carbocycles. The number of pyridine rings is 3. The number of rotatable bonds is 5. The first-order valence-electron chi connectivity index (χ1n) is 14.6. The highest BCUT2D eigenvalue weighted by Gasteiger charge is 2.17. The fourth-order valence-electron chi connectivity index (χ4n) is 6.27. The van der Waals surface area contributed by atoms with Crippen molar-refractivity contribution in [1.82, 2.24) is 29.1 Å². The summed E-state index contributed by atoms with van der Waals surface area (Å²) >= 11 is 0. The zero-order valence-electron chi connectivity index (χ0n) is 24.4. The predicted molar refractivity (Wildman–Crippen MR) is 177 cm³/mol. The molecule has 5 heterocycles. The van der Waals surface area contributed by atoms with Gasteiger partial charge < -0.3 is 4.57 Å². The molecule has 210 valence electrons. The van der Waals surface area contributed by atoms with E-state index < -0.39 is 0 Å². The van der Waals surface area contributed by atoms with Gasteiger partial charge in [0.2, 0.25) is 0 Å². The van der Waals surface area contributed by atoms with Crippen LogP contribution >= 0.6 is 0 Å². The summed E-state index contributed by atoms with van der Waals surface area (Å²) in [5.74, 6) is 0.874. The molecule has 0 saturated heterocycles. The Kier molecular flexibility index (Phi) is 6.12. The van der Waals surface area contributed by atoms with E-state index in [0.29, 0.717) is 0 Å². The molecule has 44 heavy (non-hydrogen) atoms. The zero-order valence-corrected chi connectivity index (χ0v) is 24.4. The second-order valence-electron chi connectivity index (χ2n) is 11.0. The molecule has 8 rings (SSSR count). The van der Waals surface area contributed by atoms with Crippen LogP contribution in [0.5, 0.6) is 0 Å². The van der Waals surface area contributed by atoms with Crippen molar-refractivity contribution in [3.8, 4) is 45.3 Å². The molecule has 0 unspecified atom stereocenters. The average molecular weight is 569 g/mol. The first-order valence-corrected chi connectivity index (χ1v) is 14.6. The van der Waals surface area contributed by atoms with Crippen LogP contribution in [0, 0.1) is 13.8 Å². The monoisotopic (exact) mass is 568 g/mol. The molecule has 0 bridgehead atoms. The van der Waals surface area contributed by atoms with E-state index >= 15 is 0 Å². The van der Waals surface area contributed by atoms with Crippen LogP contribution < -0.4 is 0 Å². The van der Waals surface area contributed by atoms with E-state index in [9.17, 15) is 0 Å². The molecular formula is C38H28N6. The minimum absolute atomic E-state index is 0.866. The Bertz CT molecular complexity index is 2260. The van der Waals surface area contributed by atoms with Crippen LogP contribution in [0.15, 0.2) is 134 Å². The second-order valence-corrected chi connectivity index (χ2v) is 11.0. The van der Waals surface area contributed by atoms with Crippen LogP contribution in [0.25, 0.3) is 67.1 Å². The van der Waals surface area contributed by atoms with E-state index in [2.05, 4.69) is 111 Å². The molecule has 0 aliphatic heterocycles. The van der Waals surface area contributed by atoms with E-state index in [4.69, 9.17) is 9.97 Å². The molecule has 0 spiro atoms. The highest BCUT2D eigenvalue weighted by molar-refractivity contribution is 6.10. The lowest BCUT2D eigenvalue weighted by Crippen LogP contribution is -2.05. The van der Waals surface area contributed by atoms with Gasteiger partial charge in [-0.2, -0.15) is 0 Å². The molecule has 6 nitrogen and oxygen atoms in total. The number of hydrogen-bond acceptors (Lipinski definition) is 4. The standard InChI is InChI=1S/C38H28N6/c1-25-23-34(33-8-5-6-18-40-33)42-26(2)37(25)43-22-21-41-38(43)28-10-13-30(14-11-28)44-35-9-4-3-7-31(35)32-24-29(12-15-36(32)44)27-16-19-39-20-17-27/h3-24H,1-2H3. The number of fused-ring (bicyclic) bond motifs is 3. The Hall–Kier alpha value is -5.88. The quantitative estimate of drug-likeness (QED) is 0.208. The summed E-state index contributed by atoms with van der Waals surface area (Å²) in [6, 6.07) is 36.1. The fourth-order valence-corrected chi connectivity index (χ4v) is 6.27. The van der Waals surface area contributed by atoms with Crippen molar-refractivity contribution in [3.05, 3.63) is 145 Å². The number of hydrogen-bond donors (Lipinski definition) is 0. The Morgan fingerprint density at radius 3 is 2.14 bits per heavy atom. The van der Waals surface area contributed by atoms with Crippen molar-refractivity contribution in [2.75, 3.05) is 0 Å². The number of aryl methyl sites for hydroxylation is 2. The van der Waals surface area contributed by atoms with Gasteiger partial charge in [-0.05, 0) is 103 Å². The Labute approximate surface area is 255 Å². The van der Waals surface area contributed by atoms with Crippen molar-refractivity contribution in [1.29, 1.82) is 0 Å². The van der Waals surface area contributed by atoms with Crippen molar-refractivity contribution < 1.29 is 0 Å². The van der Waals surface area contributed by atoms with Gasteiger partial charge in [-0.15, -0.1) is 0 Å². The first-order chi connectivity index (χ1) is 21.7. The molecule has 0 aliphatic carbocycles. The van der Waals surface area contributed by atoms with E-state index in [1.807, 2.05) is 49.9 Å². The summed E-state index contributed by atoms with van der Waals surface area (Å²) < 4.78 is 4.47. The SMILES string of the molecule is Cc1cc(-c2ccccn2)nc(C)c1-n1ccnc1-c1ccc(-n2c3ccccc3c3cc(-c4ccncc4)ccc32)cc1. The summed E-state index contributed by atoms with van der Waals surface area (Å²) in [5.41, 5.74) is 11.6. The van der Waals surface area contributed by atoms with E-state index in [1.165, 1.54) is 27.4 Å². The Morgan fingerprint density at radius 1 is 0.568 bits per heavy atom. The summed E-state index contributed by atoms with van der Waals surface area (Å²) in [4.78, 5) is 18.3. The molecule has 0 fully saturated rings. The van der Waals surface area contributed by atoms with Crippen molar-refractivity contribution in [3.63, 3.8) is 0 Å². The molecule has 6 heteroatoms. The predicted octanol–water partition coefficient (Wildman–Crippen LogP) is 8.77. The second kappa shape index (κ2) is 10.4. The van der Waals surface area contributed by atoms with Crippen LogP contribution in [-0.4, -0.2) is 29.1 Å². The number of imidazole rings is 1. The van der Waals surface area contributed by atoms with Crippen LogP contribution in [-0.2, 0) is 0 Å². The van der Waals surface area contributed by atoms with Crippen LogP contribution in [0.4, 0.5) is 0 Å². The smallest absolute Gasteiger partial charge is 0.144 e. The maximum absolute atomic E-state index is 4.91. The lowest BCUT2D eigenvalue weighted by molar-refractivity contribution is 0.997. The maximum atomic E-state index is 4.91. The lowest BCUT2D eigenvalue weighted by atomic mass is 10.0. The van der Waals surface area contributed by atoms with Crippen LogP contribution in [0.3, 0.4) is 0 Å². The fraction of sp³-hybridized carbons (Fsp3) is 0.0526. The minimum atomic E-state index is 0.866. The highest BCUT2D eigenvalue weighted by atomic mass is 15.1. The van der Waals surface area contributed by atoms with Crippen molar-refractivity contribution in [2.45, 2.75) is 13.8 Å². The third-order valence-electron chi connectivity index (χ3n) is 8.24. The Morgan fingerprint density at radius 2 is 1.34 bits per heavy atom. The molecule has 0 N–H and O–H groups in total. The van der Waals surface area contributed by atoms with Gasteiger partial charge in [0.25, 0.3) is 0 Å². The summed E-state index contributed by atoms with van der Waals surface area (Å²) in [5, 5.41) is 2.45. The third kappa shape index (κ3) is 4.27. The number of benzene rings is 3. The topological polar surface area (TPSA) is 61.4 Å². The average Bonchev–Trinajstić information content (AvgIpc) is 3.68. The molecular weight excluding hydrogens is 540 g/mol. The van der Waals surface area contributed by atoms with Gasteiger partial charge in [0, 0.05) is 53.0 Å². The van der Waals surface area contributed by atoms with Gasteiger partial charge in [-0.1, -0.05) is 30.3 Å².